The summed E-state index contributed by atoms with van der Waals surface area (Å²) in [6.07, 6.45) is 0. The quantitative estimate of drug-likeness (QED) is 0.166. The molecule has 2 aromatic heterocycles. The van der Waals surface area contributed by atoms with E-state index >= 15 is 0 Å². The number of hydrogen-bond donors (Lipinski definition) is 0. The largest absolute Gasteiger partial charge is 0.456 e. The minimum atomic E-state index is -0.259. The van der Waals surface area contributed by atoms with Crippen molar-refractivity contribution >= 4 is 70.5 Å². The maximum Gasteiger partial charge on any atom is 0.137 e. The monoisotopic (exact) mass is 841 g/mol. The number of rotatable bonds is 6. The molecule has 308 valence electrons. The lowest BCUT2D eigenvalue weighted by Gasteiger charge is -2.30. The molecule has 0 aliphatic heterocycles. The van der Waals surface area contributed by atoms with Gasteiger partial charge in [-0.25, -0.2) is 0 Å². The van der Waals surface area contributed by atoms with Gasteiger partial charge in [0.1, 0.15) is 11.2 Å². The van der Waals surface area contributed by atoms with Crippen molar-refractivity contribution < 1.29 is 4.42 Å². The molecule has 1 aliphatic carbocycles. The highest BCUT2D eigenvalue weighted by atomic mass is 32.1. The average molecular weight is 842 g/mol. The third kappa shape index (κ3) is 6.06. The second-order valence-electron chi connectivity index (χ2n) is 18.9. The summed E-state index contributed by atoms with van der Waals surface area (Å²) in [7, 11) is 0. The van der Waals surface area contributed by atoms with Gasteiger partial charge in [0.2, 0.25) is 0 Å². The van der Waals surface area contributed by atoms with E-state index in [0.29, 0.717) is 0 Å². The first-order chi connectivity index (χ1) is 31.1. The van der Waals surface area contributed by atoms with Gasteiger partial charge in [-0.1, -0.05) is 162 Å². The predicted molar refractivity (Wildman–Crippen MR) is 274 cm³/mol. The highest BCUT2D eigenvalue weighted by Gasteiger charge is 2.39. The molecule has 11 aromatic rings. The van der Waals surface area contributed by atoms with Gasteiger partial charge in [-0.3, -0.25) is 0 Å². The van der Waals surface area contributed by atoms with Gasteiger partial charge < -0.3 is 9.32 Å². The van der Waals surface area contributed by atoms with Crippen molar-refractivity contribution in [1.82, 2.24) is 0 Å². The van der Waals surface area contributed by atoms with E-state index in [1.54, 1.807) is 0 Å². The summed E-state index contributed by atoms with van der Waals surface area (Å²) >= 11 is 1.86. The van der Waals surface area contributed by atoms with Crippen LogP contribution in [-0.4, -0.2) is 0 Å². The van der Waals surface area contributed by atoms with Crippen LogP contribution >= 0.6 is 11.3 Å². The van der Waals surface area contributed by atoms with E-state index in [-0.39, 0.29) is 10.8 Å². The van der Waals surface area contributed by atoms with Crippen LogP contribution in [0.5, 0.6) is 0 Å². The van der Waals surface area contributed by atoms with Crippen molar-refractivity contribution in [3.63, 3.8) is 0 Å². The van der Waals surface area contributed by atoms with Crippen molar-refractivity contribution in [2.75, 3.05) is 4.90 Å². The lowest BCUT2D eigenvalue weighted by molar-refractivity contribution is 0.594. The molecule has 9 aromatic carbocycles. The Kier molecular flexibility index (Phi) is 8.67. The molecule has 1 aliphatic rings. The SMILES string of the molecule is CC(C)(C)c1cccc2oc3cc(N(c4ccc(-c5ccccc5)cc4)c4cc5c(cc4-c4ccc6sc7ccccc7c6c4)-c4c(-c6ccccc6)cccc4C5(C)C)ccc3c12. The Bertz CT molecular complexity index is 3600. The highest BCUT2D eigenvalue weighted by molar-refractivity contribution is 7.25. The second-order valence-corrected chi connectivity index (χ2v) is 20.0. The smallest absolute Gasteiger partial charge is 0.137 e. The first-order valence-corrected chi connectivity index (χ1v) is 23.1. The molecular formula is C61H47NOS. The van der Waals surface area contributed by atoms with Crippen LogP contribution in [0.4, 0.5) is 17.1 Å². The van der Waals surface area contributed by atoms with E-state index in [9.17, 15) is 0 Å². The van der Waals surface area contributed by atoms with Crippen LogP contribution in [0, 0.1) is 0 Å². The lowest BCUT2D eigenvalue weighted by atomic mass is 9.81. The van der Waals surface area contributed by atoms with E-state index in [4.69, 9.17) is 4.42 Å². The normalized spacial score (nSPS) is 13.2. The molecular weight excluding hydrogens is 795 g/mol. The van der Waals surface area contributed by atoms with Crippen LogP contribution in [0.25, 0.3) is 86.6 Å². The van der Waals surface area contributed by atoms with Crippen molar-refractivity contribution in [3.05, 3.63) is 211 Å². The zero-order valence-electron chi connectivity index (χ0n) is 36.7. The fourth-order valence-corrected chi connectivity index (χ4v) is 11.5. The molecule has 0 bridgehead atoms. The van der Waals surface area contributed by atoms with Gasteiger partial charge in [0.15, 0.2) is 0 Å². The topological polar surface area (TPSA) is 16.4 Å². The third-order valence-electron chi connectivity index (χ3n) is 13.6. The van der Waals surface area contributed by atoms with Crippen molar-refractivity contribution in [2.45, 2.75) is 45.4 Å². The summed E-state index contributed by atoms with van der Waals surface area (Å²) in [5.41, 5.74) is 18.5. The van der Waals surface area contributed by atoms with Gasteiger partial charge >= 0.3 is 0 Å². The molecule has 2 heterocycles. The van der Waals surface area contributed by atoms with Crippen LogP contribution in [-0.2, 0) is 10.8 Å². The van der Waals surface area contributed by atoms with Crippen LogP contribution in [0.2, 0.25) is 0 Å². The summed E-state index contributed by atoms with van der Waals surface area (Å²) in [5.74, 6) is 0. The fraction of sp³-hybridized carbons (Fsp3) is 0.115. The summed E-state index contributed by atoms with van der Waals surface area (Å²) in [6.45, 7) is 11.6. The molecule has 64 heavy (non-hydrogen) atoms. The van der Waals surface area contributed by atoms with Gasteiger partial charge in [-0.15, -0.1) is 11.3 Å². The van der Waals surface area contributed by atoms with Gasteiger partial charge in [-0.2, -0.15) is 0 Å². The van der Waals surface area contributed by atoms with E-state index in [1.165, 1.54) is 86.8 Å². The van der Waals surface area contributed by atoms with Gasteiger partial charge in [-0.05, 0) is 122 Å². The summed E-state index contributed by atoms with van der Waals surface area (Å²) in [6, 6.07) is 71.7. The minimum Gasteiger partial charge on any atom is -0.456 e. The molecule has 0 unspecified atom stereocenters. The average Bonchev–Trinajstić information content (AvgIpc) is 3.96. The summed E-state index contributed by atoms with van der Waals surface area (Å²) < 4.78 is 9.40. The van der Waals surface area contributed by atoms with E-state index < -0.39 is 0 Å². The zero-order chi connectivity index (χ0) is 43.3. The third-order valence-corrected chi connectivity index (χ3v) is 14.8. The molecule has 0 N–H and O–H groups in total. The number of thiophene rings is 1. The van der Waals surface area contributed by atoms with Crippen LogP contribution < -0.4 is 4.90 Å². The minimum absolute atomic E-state index is 0.0412. The van der Waals surface area contributed by atoms with Crippen LogP contribution in [0.15, 0.2) is 199 Å². The zero-order valence-corrected chi connectivity index (χ0v) is 37.6. The molecule has 12 rings (SSSR count). The predicted octanol–water partition coefficient (Wildman–Crippen LogP) is 18.0. The molecule has 0 spiro atoms. The number of furan rings is 1. The number of anilines is 3. The highest BCUT2D eigenvalue weighted by Crippen LogP contribution is 2.56. The maximum absolute atomic E-state index is 6.80. The maximum atomic E-state index is 6.80. The van der Waals surface area contributed by atoms with Crippen LogP contribution in [0.1, 0.15) is 51.3 Å². The first kappa shape index (κ1) is 38.5. The molecule has 0 fully saturated rings. The molecule has 0 saturated heterocycles. The summed E-state index contributed by atoms with van der Waals surface area (Å²) in [5, 5.41) is 4.91. The van der Waals surface area contributed by atoms with Gasteiger partial charge in [0.05, 0.1) is 5.69 Å². The van der Waals surface area contributed by atoms with Gasteiger partial charge in [0, 0.05) is 59.4 Å². The number of nitrogens with zero attached hydrogens (tertiary/aromatic N) is 1. The fourth-order valence-electron chi connectivity index (χ4n) is 10.4. The summed E-state index contributed by atoms with van der Waals surface area (Å²) in [4.78, 5) is 2.47. The Morgan fingerprint density at radius 3 is 1.91 bits per heavy atom. The Morgan fingerprint density at radius 1 is 0.453 bits per heavy atom. The van der Waals surface area contributed by atoms with E-state index in [0.717, 1.165) is 33.6 Å². The number of hydrogen-bond acceptors (Lipinski definition) is 3. The molecule has 3 heteroatoms. The van der Waals surface area contributed by atoms with Crippen molar-refractivity contribution in [2.24, 2.45) is 0 Å². The molecule has 0 amide bonds. The Hall–Kier alpha value is -7.20. The number of benzene rings is 9. The molecule has 0 atom stereocenters. The Labute approximate surface area is 378 Å². The lowest BCUT2D eigenvalue weighted by Crippen LogP contribution is -2.17. The second kappa shape index (κ2) is 14.4. The van der Waals surface area contributed by atoms with Crippen LogP contribution in [0.3, 0.4) is 0 Å². The van der Waals surface area contributed by atoms with E-state index in [1.807, 2.05) is 11.3 Å². The molecule has 2 nitrogen and oxygen atoms in total. The standard InChI is InChI=1S/C61H47NOS/c1-60(2,3)50-22-15-24-54-59(50)46-32-31-43(35-55(46)63-54)62(42-29-26-39(27-30-42)38-16-8-6-9-17-38)53-37-52-49(58-44(40-18-10-7-11-19-40)21-14-23-51(58)61(52,4)5)36-47(53)41-28-33-57-48(34-41)45-20-12-13-25-56(45)64-57/h6-37H,1-5H3. The Morgan fingerprint density at radius 2 is 1.12 bits per heavy atom. The number of fused-ring (bicyclic) bond motifs is 9. The molecule has 0 saturated carbocycles. The molecule has 0 radical (unpaired) electrons. The Balaban J connectivity index is 1.15. The van der Waals surface area contributed by atoms with Crippen molar-refractivity contribution in [1.29, 1.82) is 0 Å². The first-order valence-electron chi connectivity index (χ1n) is 22.3. The van der Waals surface area contributed by atoms with Crippen molar-refractivity contribution in [3.8, 4) is 44.5 Å². The van der Waals surface area contributed by atoms with Gasteiger partial charge in [0.25, 0.3) is 0 Å². The van der Waals surface area contributed by atoms with E-state index in [2.05, 4.69) is 234 Å².